The third kappa shape index (κ3) is 2.92. The summed E-state index contributed by atoms with van der Waals surface area (Å²) in [6.45, 7) is 2.08. The highest BCUT2D eigenvalue weighted by Crippen LogP contribution is 2.23. The molecule has 0 aromatic heterocycles. The van der Waals surface area contributed by atoms with Crippen molar-refractivity contribution < 1.29 is 4.39 Å². The number of rotatable bonds is 3. The van der Waals surface area contributed by atoms with Crippen LogP contribution in [0.1, 0.15) is 18.9 Å². The van der Waals surface area contributed by atoms with Crippen molar-refractivity contribution in [2.24, 2.45) is 0 Å². The van der Waals surface area contributed by atoms with E-state index < -0.39 is 0 Å². The second kappa shape index (κ2) is 5.66. The molecule has 0 saturated heterocycles. The van der Waals surface area contributed by atoms with Crippen molar-refractivity contribution in [3.8, 4) is 0 Å². The largest absolute Gasteiger partial charge is 0.206 e. The van der Waals surface area contributed by atoms with Gasteiger partial charge in [-0.1, -0.05) is 46.6 Å². The molecule has 0 heterocycles. The number of allylic oxidation sites excluding steroid dienone is 1. The maximum absolute atomic E-state index is 13.1. The van der Waals surface area contributed by atoms with E-state index in [0.29, 0.717) is 4.47 Å². The van der Waals surface area contributed by atoms with Gasteiger partial charge >= 0.3 is 0 Å². The molecule has 0 aliphatic carbocycles. The molecule has 1 rings (SSSR count). The Morgan fingerprint density at radius 3 is 2.79 bits per heavy atom. The van der Waals surface area contributed by atoms with Crippen LogP contribution in [-0.2, 0) is 0 Å². The van der Waals surface area contributed by atoms with Gasteiger partial charge in [0.15, 0.2) is 0 Å². The summed E-state index contributed by atoms with van der Waals surface area (Å²) in [6.07, 6.45) is 2.97. The van der Waals surface area contributed by atoms with Gasteiger partial charge in [-0.15, -0.1) is 0 Å². The van der Waals surface area contributed by atoms with Gasteiger partial charge in [-0.2, -0.15) is 0 Å². The molecule has 1 aromatic carbocycles. The molecule has 0 aliphatic rings. The van der Waals surface area contributed by atoms with E-state index in [-0.39, 0.29) is 5.82 Å². The molecule has 0 bridgehead atoms. The van der Waals surface area contributed by atoms with Crippen LogP contribution in [0.15, 0.2) is 28.2 Å². The van der Waals surface area contributed by atoms with Gasteiger partial charge in [0.05, 0.1) is 4.47 Å². The van der Waals surface area contributed by atoms with Crippen molar-refractivity contribution >= 4 is 37.9 Å². The molecule has 3 heteroatoms. The van der Waals surface area contributed by atoms with Crippen LogP contribution < -0.4 is 0 Å². The van der Waals surface area contributed by atoms with Crippen LogP contribution in [0, 0.1) is 5.82 Å². The second-order valence-electron chi connectivity index (χ2n) is 2.93. The van der Waals surface area contributed by atoms with E-state index in [4.69, 9.17) is 0 Å². The molecule has 76 valence electrons. The molecule has 0 fully saturated rings. The fraction of sp³-hybridized carbons (Fsp3) is 0.273. The lowest BCUT2D eigenvalue weighted by molar-refractivity contribution is 0.620. The van der Waals surface area contributed by atoms with Crippen molar-refractivity contribution in [1.82, 2.24) is 0 Å². The first-order valence-electron chi connectivity index (χ1n) is 4.38. The van der Waals surface area contributed by atoms with Gasteiger partial charge in [0.1, 0.15) is 5.82 Å². The number of halogens is 3. The molecule has 0 aliphatic heterocycles. The summed E-state index contributed by atoms with van der Waals surface area (Å²) in [5, 5.41) is 0.826. The van der Waals surface area contributed by atoms with Crippen molar-refractivity contribution in [3.05, 3.63) is 39.6 Å². The lowest BCUT2D eigenvalue weighted by atomic mass is 10.1. The Morgan fingerprint density at radius 1 is 1.50 bits per heavy atom. The van der Waals surface area contributed by atoms with Gasteiger partial charge in [0, 0.05) is 5.33 Å². The zero-order chi connectivity index (χ0) is 10.6. The van der Waals surface area contributed by atoms with Crippen LogP contribution in [0.3, 0.4) is 0 Å². The Morgan fingerprint density at radius 2 is 2.21 bits per heavy atom. The summed E-state index contributed by atoms with van der Waals surface area (Å²) in [6, 6.07) is 5.06. The minimum absolute atomic E-state index is 0.219. The summed E-state index contributed by atoms with van der Waals surface area (Å²) in [5.41, 5.74) is 2.14. The van der Waals surface area contributed by atoms with Gasteiger partial charge in [0.2, 0.25) is 0 Å². The maximum Gasteiger partial charge on any atom is 0.137 e. The molecule has 1 aromatic rings. The van der Waals surface area contributed by atoms with Crippen molar-refractivity contribution in [2.75, 3.05) is 5.33 Å². The number of hydrogen-bond acceptors (Lipinski definition) is 0. The SMILES string of the molecule is CC/C(=C/c1cccc(F)c1Br)CBr. The first-order valence-corrected chi connectivity index (χ1v) is 6.30. The predicted molar refractivity (Wildman–Crippen MR) is 66.2 cm³/mol. The van der Waals surface area contributed by atoms with Crippen LogP contribution in [0.25, 0.3) is 6.08 Å². The molecule has 0 saturated carbocycles. The summed E-state index contributed by atoms with van der Waals surface area (Å²) in [5.74, 6) is -0.219. The van der Waals surface area contributed by atoms with Gasteiger partial charge in [-0.3, -0.25) is 0 Å². The highest BCUT2D eigenvalue weighted by atomic mass is 79.9. The van der Waals surface area contributed by atoms with Crippen LogP contribution in [0.5, 0.6) is 0 Å². The monoisotopic (exact) mass is 320 g/mol. The van der Waals surface area contributed by atoms with Crippen LogP contribution in [0.4, 0.5) is 4.39 Å². The predicted octanol–water partition coefficient (Wildman–Crippen LogP) is 4.78. The molecule has 0 unspecified atom stereocenters. The second-order valence-corrected chi connectivity index (χ2v) is 4.29. The zero-order valence-electron chi connectivity index (χ0n) is 7.86. The van der Waals surface area contributed by atoms with Gasteiger partial charge in [-0.25, -0.2) is 4.39 Å². The quantitative estimate of drug-likeness (QED) is 0.703. The van der Waals surface area contributed by atoms with Gasteiger partial charge in [-0.05, 0) is 34.0 Å². The Labute approximate surface area is 100 Å². The summed E-state index contributed by atoms with van der Waals surface area (Å²) in [7, 11) is 0. The molecular weight excluding hydrogens is 311 g/mol. The van der Waals surface area contributed by atoms with Gasteiger partial charge < -0.3 is 0 Å². The Bertz CT molecular complexity index is 339. The molecule has 0 N–H and O–H groups in total. The Hall–Kier alpha value is -0.150. The summed E-state index contributed by atoms with van der Waals surface area (Å²) >= 11 is 6.63. The molecule has 0 nitrogen and oxygen atoms in total. The topological polar surface area (TPSA) is 0 Å². The molecule has 0 spiro atoms. The molecular formula is C11H11Br2F. The van der Waals surface area contributed by atoms with E-state index in [9.17, 15) is 4.39 Å². The third-order valence-electron chi connectivity index (χ3n) is 1.97. The Kier molecular flexibility index (Phi) is 4.82. The van der Waals surface area contributed by atoms with Crippen molar-refractivity contribution in [2.45, 2.75) is 13.3 Å². The van der Waals surface area contributed by atoms with E-state index >= 15 is 0 Å². The van der Waals surface area contributed by atoms with E-state index in [0.717, 1.165) is 17.3 Å². The smallest absolute Gasteiger partial charge is 0.137 e. The van der Waals surface area contributed by atoms with Crippen LogP contribution in [0.2, 0.25) is 0 Å². The van der Waals surface area contributed by atoms with Crippen LogP contribution in [-0.4, -0.2) is 5.33 Å². The van der Waals surface area contributed by atoms with Crippen molar-refractivity contribution in [1.29, 1.82) is 0 Å². The minimum atomic E-state index is -0.219. The maximum atomic E-state index is 13.1. The van der Waals surface area contributed by atoms with Crippen molar-refractivity contribution in [3.63, 3.8) is 0 Å². The van der Waals surface area contributed by atoms with E-state index in [1.54, 1.807) is 6.07 Å². The molecule has 0 atom stereocenters. The average molecular weight is 322 g/mol. The number of alkyl halides is 1. The first-order chi connectivity index (χ1) is 6.69. The standard InChI is InChI=1S/C11H11Br2F/c1-2-8(7-12)6-9-4-3-5-10(14)11(9)13/h3-6H,2,7H2,1H3/b8-6-. The van der Waals surface area contributed by atoms with E-state index in [1.807, 2.05) is 12.1 Å². The minimum Gasteiger partial charge on any atom is -0.206 e. The fourth-order valence-corrected chi connectivity index (χ4v) is 2.02. The summed E-state index contributed by atoms with van der Waals surface area (Å²) in [4.78, 5) is 0. The van der Waals surface area contributed by atoms with Crippen LogP contribution >= 0.6 is 31.9 Å². The number of benzene rings is 1. The number of hydrogen-bond donors (Lipinski definition) is 0. The Balaban J connectivity index is 3.07. The third-order valence-corrected chi connectivity index (χ3v) is 3.52. The highest BCUT2D eigenvalue weighted by molar-refractivity contribution is 9.10. The summed E-state index contributed by atoms with van der Waals surface area (Å²) < 4.78 is 13.7. The molecule has 0 radical (unpaired) electrons. The molecule has 14 heavy (non-hydrogen) atoms. The first kappa shape index (κ1) is 11.9. The van der Waals surface area contributed by atoms with E-state index in [1.165, 1.54) is 11.6 Å². The average Bonchev–Trinajstić information content (AvgIpc) is 2.20. The highest BCUT2D eigenvalue weighted by Gasteiger charge is 2.03. The normalized spacial score (nSPS) is 11.9. The lowest BCUT2D eigenvalue weighted by Crippen LogP contribution is -1.85. The molecule has 0 amide bonds. The fourth-order valence-electron chi connectivity index (χ4n) is 1.09. The zero-order valence-corrected chi connectivity index (χ0v) is 11.0. The van der Waals surface area contributed by atoms with E-state index in [2.05, 4.69) is 38.8 Å². The van der Waals surface area contributed by atoms with Gasteiger partial charge in [0.25, 0.3) is 0 Å². The lowest BCUT2D eigenvalue weighted by Gasteiger charge is -2.03.